The zero-order chi connectivity index (χ0) is 11.7. The molecule has 0 fully saturated rings. The van der Waals surface area contributed by atoms with Crippen molar-refractivity contribution < 1.29 is 4.79 Å². The molecule has 0 aromatic rings. The molecule has 0 heterocycles. The predicted molar refractivity (Wildman–Crippen MR) is 64.8 cm³/mol. The van der Waals surface area contributed by atoms with E-state index in [1.807, 2.05) is 0 Å². The smallest absolute Gasteiger partial charge is 0.233 e. The van der Waals surface area contributed by atoms with Crippen molar-refractivity contribution in [2.24, 2.45) is 5.92 Å². The average molecular weight is 214 g/mol. The number of unbranched alkanes of at least 4 members (excludes halogenated alkanes) is 1. The summed E-state index contributed by atoms with van der Waals surface area (Å²) in [6.07, 6.45) is 3.25. The number of hydrogen-bond acceptors (Lipinski definition) is 2. The van der Waals surface area contributed by atoms with Gasteiger partial charge in [0.1, 0.15) is 0 Å². The molecule has 0 saturated carbocycles. The highest BCUT2D eigenvalue weighted by atomic mass is 16.1. The van der Waals surface area contributed by atoms with Crippen LogP contribution in [-0.4, -0.2) is 25.0 Å². The lowest BCUT2D eigenvalue weighted by atomic mass is 10.0. The summed E-state index contributed by atoms with van der Waals surface area (Å²) in [5.74, 6) is 0.695. The van der Waals surface area contributed by atoms with Crippen LogP contribution in [0.2, 0.25) is 0 Å². The summed E-state index contributed by atoms with van der Waals surface area (Å²) < 4.78 is 0. The zero-order valence-corrected chi connectivity index (χ0v) is 10.6. The van der Waals surface area contributed by atoms with Crippen LogP contribution in [0.4, 0.5) is 0 Å². The number of amides is 1. The molecule has 2 N–H and O–H groups in total. The Kier molecular flexibility index (Phi) is 8.38. The van der Waals surface area contributed by atoms with Crippen molar-refractivity contribution in [3.05, 3.63) is 0 Å². The lowest BCUT2D eigenvalue weighted by Gasteiger charge is -2.20. The summed E-state index contributed by atoms with van der Waals surface area (Å²) in [4.78, 5) is 11.4. The maximum Gasteiger partial charge on any atom is 0.233 e. The maximum atomic E-state index is 11.4. The standard InChI is InChI=1S/C12H26N2O/c1-5-7-8-13-12(15)9-14-11(6-2)10(3)4/h10-11,14H,5-9H2,1-4H3,(H,13,15). The van der Waals surface area contributed by atoms with Crippen LogP contribution in [-0.2, 0) is 4.79 Å². The number of carbonyl (C=O) groups is 1. The number of carbonyl (C=O) groups excluding carboxylic acids is 1. The van der Waals surface area contributed by atoms with E-state index in [0.717, 1.165) is 25.8 Å². The van der Waals surface area contributed by atoms with E-state index in [9.17, 15) is 4.79 Å². The molecule has 0 spiro atoms. The van der Waals surface area contributed by atoms with Gasteiger partial charge in [0, 0.05) is 12.6 Å². The van der Waals surface area contributed by atoms with E-state index in [2.05, 4.69) is 38.3 Å². The molecular formula is C12H26N2O. The molecule has 0 radical (unpaired) electrons. The van der Waals surface area contributed by atoms with Gasteiger partial charge in [-0.2, -0.15) is 0 Å². The normalized spacial score (nSPS) is 12.9. The molecule has 0 saturated heterocycles. The monoisotopic (exact) mass is 214 g/mol. The molecule has 0 bridgehead atoms. The van der Waals surface area contributed by atoms with Crippen molar-refractivity contribution in [2.75, 3.05) is 13.1 Å². The van der Waals surface area contributed by atoms with Gasteiger partial charge in [0.15, 0.2) is 0 Å². The lowest BCUT2D eigenvalue weighted by Crippen LogP contribution is -2.41. The third-order valence-corrected chi connectivity index (χ3v) is 2.62. The van der Waals surface area contributed by atoms with Crippen molar-refractivity contribution in [3.63, 3.8) is 0 Å². The third-order valence-electron chi connectivity index (χ3n) is 2.62. The first-order valence-electron chi connectivity index (χ1n) is 6.11. The van der Waals surface area contributed by atoms with E-state index in [4.69, 9.17) is 0 Å². The molecule has 3 heteroatoms. The van der Waals surface area contributed by atoms with E-state index in [0.29, 0.717) is 18.5 Å². The van der Waals surface area contributed by atoms with Crippen molar-refractivity contribution in [3.8, 4) is 0 Å². The van der Waals surface area contributed by atoms with Gasteiger partial charge in [0.05, 0.1) is 6.54 Å². The molecule has 15 heavy (non-hydrogen) atoms. The molecule has 3 nitrogen and oxygen atoms in total. The van der Waals surface area contributed by atoms with E-state index < -0.39 is 0 Å². The van der Waals surface area contributed by atoms with E-state index in [-0.39, 0.29) is 5.91 Å². The molecule has 0 rings (SSSR count). The summed E-state index contributed by atoms with van der Waals surface area (Å²) in [6.45, 7) is 9.87. The van der Waals surface area contributed by atoms with Crippen LogP contribution < -0.4 is 10.6 Å². The van der Waals surface area contributed by atoms with Gasteiger partial charge in [-0.05, 0) is 18.8 Å². The quantitative estimate of drug-likeness (QED) is 0.606. The van der Waals surface area contributed by atoms with Crippen molar-refractivity contribution in [2.45, 2.75) is 53.0 Å². The molecule has 0 aliphatic rings. The highest BCUT2D eigenvalue weighted by Crippen LogP contribution is 2.04. The minimum Gasteiger partial charge on any atom is -0.355 e. The first-order chi connectivity index (χ1) is 7.11. The van der Waals surface area contributed by atoms with Crippen LogP contribution in [0.3, 0.4) is 0 Å². The second-order valence-electron chi connectivity index (χ2n) is 4.34. The van der Waals surface area contributed by atoms with Crippen molar-refractivity contribution >= 4 is 5.91 Å². The molecule has 0 aliphatic heterocycles. The van der Waals surface area contributed by atoms with Gasteiger partial charge in [-0.15, -0.1) is 0 Å². The van der Waals surface area contributed by atoms with Crippen LogP contribution in [0.1, 0.15) is 47.0 Å². The topological polar surface area (TPSA) is 41.1 Å². The molecule has 1 amide bonds. The summed E-state index contributed by atoms with van der Waals surface area (Å²) >= 11 is 0. The summed E-state index contributed by atoms with van der Waals surface area (Å²) in [5.41, 5.74) is 0. The van der Waals surface area contributed by atoms with Crippen LogP contribution in [0.15, 0.2) is 0 Å². The second-order valence-corrected chi connectivity index (χ2v) is 4.34. The summed E-state index contributed by atoms with van der Waals surface area (Å²) in [5, 5.41) is 6.18. The minimum absolute atomic E-state index is 0.113. The second kappa shape index (κ2) is 8.72. The SMILES string of the molecule is CCCCNC(=O)CNC(CC)C(C)C. The van der Waals surface area contributed by atoms with E-state index in [1.165, 1.54) is 0 Å². The summed E-state index contributed by atoms with van der Waals surface area (Å²) in [7, 11) is 0. The van der Waals surface area contributed by atoms with Gasteiger partial charge in [-0.25, -0.2) is 0 Å². The fourth-order valence-electron chi connectivity index (χ4n) is 1.54. The van der Waals surface area contributed by atoms with Gasteiger partial charge >= 0.3 is 0 Å². The van der Waals surface area contributed by atoms with Crippen LogP contribution in [0, 0.1) is 5.92 Å². The summed E-state index contributed by atoms with van der Waals surface area (Å²) in [6, 6.07) is 0.446. The number of rotatable bonds is 8. The van der Waals surface area contributed by atoms with Crippen LogP contribution in [0.25, 0.3) is 0 Å². The third kappa shape index (κ3) is 7.37. The largest absolute Gasteiger partial charge is 0.355 e. The molecule has 1 unspecified atom stereocenters. The molecule has 90 valence electrons. The molecule has 0 aromatic heterocycles. The zero-order valence-electron chi connectivity index (χ0n) is 10.6. The average Bonchev–Trinajstić information content (AvgIpc) is 2.18. The Morgan fingerprint density at radius 2 is 1.93 bits per heavy atom. The molecule has 1 atom stereocenters. The van der Waals surface area contributed by atoms with E-state index in [1.54, 1.807) is 0 Å². The maximum absolute atomic E-state index is 11.4. The Hall–Kier alpha value is -0.570. The Labute approximate surface area is 94.0 Å². The Morgan fingerprint density at radius 3 is 2.40 bits per heavy atom. The Morgan fingerprint density at radius 1 is 1.27 bits per heavy atom. The fraction of sp³-hybridized carbons (Fsp3) is 0.917. The van der Waals surface area contributed by atoms with Gasteiger partial charge in [-0.1, -0.05) is 34.1 Å². The molecular weight excluding hydrogens is 188 g/mol. The van der Waals surface area contributed by atoms with Gasteiger partial charge < -0.3 is 10.6 Å². The fourth-order valence-corrected chi connectivity index (χ4v) is 1.54. The van der Waals surface area contributed by atoms with Gasteiger partial charge in [0.2, 0.25) is 5.91 Å². The minimum atomic E-state index is 0.113. The molecule has 0 aliphatic carbocycles. The van der Waals surface area contributed by atoms with Crippen molar-refractivity contribution in [1.82, 2.24) is 10.6 Å². The number of nitrogens with one attached hydrogen (secondary N) is 2. The van der Waals surface area contributed by atoms with E-state index >= 15 is 0 Å². The van der Waals surface area contributed by atoms with Crippen molar-refractivity contribution in [1.29, 1.82) is 0 Å². The number of hydrogen-bond donors (Lipinski definition) is 2. The highest BCUT2D eigenvalue weighted by Gasteiger charge is 2.11. The first-order valence-corrected chi connectivity index (χ1v) is 6.11. The van der Waals surface area contributed by atoms with Gasteiger partial charge in [-0.3, -0.25) is 4.79 Å². The lowest BCUT2D eigenvalue weighted by molar-refractivity contribution is -0.120. The highest BCUT2D eigenvalue weighted by molar-refractivity contribution is 5.77. The Balaban J connectivity index is 3.59. The van der Waals surface area contributed by atoms with Crippen LogP contribution >= 0.6 is 0 Å². The Bertz CT molecular complexity index is 169. The van der Waals surface area contributed by atoms with Gasteiger partial charge in [0.25, 0.3) is 0 Å². The molecule has 0 aromatic carbocycles. The van der Waals surface area contributed by atoms with Crippen LogP contribution in [0.5, 0.6) is 0 Å². The first kappa shape index (κ1) is 14.4. The predicted octanol–water partition coefficient (Wildman–Crippen LogP) is 1.93.